The second kappa shape index (κ2) is 7.49. The number of rotatable bonds is 1. The third-order valence-corrected chi connectivity index (χ3v) is 6.53. The Morgan fingerprint density at radius 3 is 2.59 bits per heavy atom. The number of likely N-dealkylation sites (tertiary alicyclic amines) is 1. The second-order valence-electron chi connectivity index (χ2n) is 9.15. The van der Waals surface area contributed by atoms with Crippen LogP contribution in [0.3, 0.4) is 0 Å². The molecule has 1 aromatic carbocycles. The van der Waals surface area contributed by atoms with Crippen molar-refractivity contribution in [1.82, 2.24) is 4.90 Å². The average Bonchev–Trinajstić information content (AvgIpc) is 2.90. The van der Waals surface area contributed by atoms with E-state index in [4.69, 9.17) is 9.47 Å². The minimum Gasteiger partial charge on any atom is -0.487 e. The van der Waals surface area contributed by atoms with Gasteiger partial charge in [-0.15, -0.1) is 0 Å². The van der Waals surface area contributed by atoms with E-state index in [1.165, 1.54) is 44.3 Å². The highest BCUT2D eigenvalue weighted by Gasteiger charge is 2.49. The molecule has 0 N–H and O–H groups in total. The molecule has 3 nitrogen and oxygen atoms in total. The fourth-order valence-corrected chi connectivity index (χ4v) is 4.89. The zero-order valence-electron chi connectivity index (χ0n) is 17.1. The summed E-state index contributed by atoms with van der Waals surface area (Å²) in [4.78, 5) is 2.50. The molecule has 4 rings (SSSR count). The molecule has 3 aliphatic heterocycles. The van der Waals surface area contributed by atoms with Gasteiger partial charge in [-0.25, -0.2) is 0 Å². The van der Waals surface area contributed by atoms with Gasteiger partial charge >= 0.3 is 0 Å². The zero-order chi connectivity index (χ0) is 18.9. The quantitative estimate of drug-likeness (QED) is 0.655. The highest BCUT2D eigenvalue weighted by Crippen LogP contribution is 2.52. The van der Waals surface area contributed by atoms with Gasteiger partial charge in [0.2, 0.25) is 0 Å². The van der Waals surface area contributed by atoms with Gasteiger partial charge < -0.3 is 9.47 Å². The van der Waals surface area contributed by atoms with Crippen LogP contribution in [0.25, 0.3) is 0 Å². The molecule has 3 atom stereocenters. The summed E-state index contributed by atoms with van der Waals surface area (Å²) in [6, 6.07) is 8.34. The van der Waals surface area contributed by atoms with Crippen molar-refractivity contribution in [3.63, 3.8) is 0 Å². The molecule has 3 heteroatoms. The molecular formula is C24H33NO2. The first-order chi connectivity index (χ1) is 13.0. The number of ether oxygens (including phenoxy) is 2. The lowest BCUT2D eigenvalue weighted by Gasteiger charge is -2.50. The van der Waals surface area contributed by atoms with E-state index in [0.29, 0.717) is 5.92 Å². The minimum atomic E-state index is -0.368. The number of benzene rings is 1. The van der Waals surface area contributed by atoms with Crippen LogP contribution >= 0.6 is 0 Å². The standard InChI is InChI=1S/C24H33NO2/c1-23(2)20-13-15-24(3,14-10-18-25-16-8-4-5-9-17-25)27-22(20)19-11-6-7-12-21(19)26-23/h6-7,11-12,20,22H,4-5,8-9,13,15-18H2,1-3H3/t20-,22+,24+/m1/s1. The van der Waals surface area contributed by atoms with Crippen LogP contribution in [0.1, 0.15) is 71.0 Å². The van der Waals surface area contributed by atoms with Crippen LogP contribution in [0.4, 0.5) is 0 Å². The fourth-order valence-electron chi connectivity index (χ4n) is 4.89. The number of fused-ring (bicyclic) bond motifs is 3. The largest absolute Gasteiger partial charge is 0.487 e. The third-order valence-electron chi connectivity index (χ3n) is 6.53. The molecule has 0 bridgehead atoms. The summed E-state index contributed by atoms with van der Waals surface area (Å²) in [6.45, 7) is 9.81. The highest BCUT2D eigenvalue weighted by molar-refractivity contribution is 5.39. The Hall–Kier alpha value is -1.50. The molecule has 0 saturated carbocycles. The Bertz CT molecular complexity index is 723. The van der Waals surface area contributed by atoms with E-state index < -0.39 is 0 Å². The summed E-state index contributed by atoms with van der Waals surface area (Å²) < 4.78 is 13.0. The van der Waals surface area contributed by atoms with E-state index >= 15 is 0 Å². The molecular weight excluding hydrogens is 334 g/mol. The summed E-state index contributed by atoms with van der Waals surface area (Å²) >= 11 is 0. The maximum Gasteiger partial charge on any atom is 0.126 e. The normalized spacial score (nSPS) is 32.9. The van der Waals surface area contributed by atoms with Crippen LogP contribution in [0, 0.1) is 17.8 Å². The van der Waals surface area contributed by atoms with E-state index in [1.807, 2.05) is 6.07 Å². The molecule has 0 aromatic heterocycles. The van der Waals surface area contributed by atoms with Crippen LogP contribution < -0.4 is 4.74 Å². The number of para-hydroxylation sites is 1. The van der Waals surface area contributed by atoms with Crippen molar-refractivity contribution in [2.24, 2.45) is 5.92 Å². The topological polar surface area (TPSA) is 21.7 Å². The van der Waals surface area contributed by atoms with E-state index in [0.717, 1.165) is 25.1 Å². The monoisotopic (exact) mass is 367 g/mol. The summed E-state index contributed by atoms with van der Waals surface area (Å²) in [5, 5.41) is 0. The van der Waals surface area contributed by atoms with Gasteiger partial charge in [-0.2, -0.15) is 0 Å². The van der Waals surface area contributed by atoms with Crippen LogP contribution in [0.15, 0.2) is 24.3 Å². The van der Waals surface area contributed by atoms with Crippen LogP contribution in [-0.4, -0.2) is 35.7 Å². The van der Waals surface area contributed by atoms with E-state index in [9.17, 15) is 0 Å². The van der Waals surface area contributed by atoms with Gasteiger partial charge in [0.15, 0.2) is 0 Å². The van der Waals surface area contributed by atoms with Gasteiger partial charge in [-0.1, -0.05) is 42.9 Å². The molecule has 2 saturated heterocycles. The molecule has 0 aliphatic carbocycles. The van der Waals surface area contributed by atoms with Crippen LogP contribution in [0.5, 0.6) is 5.75 Å². The molecule has 0 unspecified atom stereocenters. The number of hydrogen-bond acceptors (Lipinski definition) is 3. The smallest absolute Gasteiger partial charge is 0.126 e. The van der Waals surface area contributed by atoms with E-state index in [-0.39, 0.29) is 17.3 Å². The van der Waals surface area contributed by atoms with Crippen molar-refractivity contribution in [1.29, 1.82) is 0 Å². The fraction of sp³-hybridized carbons (Fsp3) is 0.667. The molecule has 27 heavy (non-hydrogen) atoms. The molecule has 0 spiro atoms. The predicted molar refractivity (Wildman–Crippen MR) is 109 cm³/mol. The minimum absolute atomic E-state index is 0.0659. The average molecular weight is 368 g/mol. The van der Waals surface area contributed by atoms with Crippen molar-refractivity contribution >= 4 is 0 Å². The molecule has 0 amide bonds. The van der Waals surface area contributed by atoms with Gasteiger partial charge in [-0.05, 0) is 65.6 Å². The van der Waals surface area contributed by atoms with Gasteiger partial charge in [0, 0.05) is 11.5 Å². The summed E-state index contributed by atoms with van der Waals surface area (Å²) in [5.41, 5.74) is 0.606. The predicted octanol–water partition coefficient (Wildman–Crippen LogP) is 4.96. The maximum absolute atomic E-state index is 6.68. The Labute approximate surface area is 164 Å². The Morgan fingerprint density at radius 1 is 1.07 bits per heavy atom. The number of nitrogens with zero attached hydrogens (tertiary/aromatic N) is 1. The first-order valence-electron chi connectivity index (χ1n) is 10.7. The van der Waals surface area contributed by atoms with Gasteiger partial charge in [0.25, 0.3) is 0 Å². The van der Waals surface area contributed by atoms with E-state index in [2.05, 4.69) is 55.7 Å². The second-order valence-corrected chi connectivity index (χ2v) is 9.15. The maximum atomic E-state index is 6.68. The molecule has 3 heterocycles. The Balaban J connectivity index is 1.50. The molecule has 1 aromatic rings. The van der Waals surface area contributed by atoms with Crippen molar-refractivity contribution in [2.75, 3.05) is 19.6 Å². The molecule has 146 valence electrons. The summed E-state index contributed by atoms with van der Waals surface area (Å²) in [6.07, 6.45) is 7.47. The van der Waals surface area contributed by atoms with Gasteiger partial charge in [-0.3, -0.25) is 4.90 Å². The summed E-state index contributed by atoms with van der Waals surface area (Å²) in [5.74, 6) is 8.29. The first-order valence-corrected chi connectivity index (χ1v) is 10.7. The van der Waals surface area contributed by atoms with Crippen molar-refractivity contribution in [3.8, 4) is 17.6 Å². The Kier molecular flexibility index (Phi) is 5.23. The Morgan fingerprint density at radius 2 is 1.81 bits per heavy atom. The van der Waals surface area contributed by atoms with Gasteiger partial charge in [0.1, 0.15) is 17.0 Å². The van der Waals surface area contributed by atoms with Crippen LogP contribution in [0.2, 0.25) is 0 Å². The lowest BCUT2D eigenvalue weighted by atomic mass is 9.73. The van der Waals surface area contributed by atoms with E-state index in [1.54, 1.807) is 0 Å². The zero-order valence-corrected chi connectivity index (χ0v) is 17.1. The van der Waals surface area contributed by atoms with Crippen molar-refractivity contribution < 1.29 is 9.47 Å². The van der Waals surface area contributed by atoms with Crippen LogP contribution in [-0.2, 0) is 4.74 Å². The van der Waals surface area contributed by atoms with Crippen molar-refractivity contribution in [2.45, 2.75) is 76.6 Å². The molecule has 3 aliphatic rings. The molecule has 2 fully saturated rings. The van der Waals surface area contributed by atoms with Gasteiger partial charge in [0.05, 0.1) is 12.6 Å². The lowest BCUT2D eigenvalue weighted by molar-refractivity contribution is -0.169. The molecule has 0 radical (unpaired) electrons. The third kappa shape index (κ3) is 4.03. The first kappa shape index (κ1) is 18.8. The highest BCUT2D eigenvalue weighted by atomic mass is 16.5. The van der Waals surface area contributed by atoms with Crippen molar-refractivity contribution in [3.05, 3.63) is 29.8 Å². The SMILES string of the molecule is CC1(C)Oc2ccccc2[C@@H]2O[C@@](C)(C#CCN3CCCCCC3)CC[C@H]21. The lowest BCUT2D eigenvalue weighted by Crippen LogP contribution is -2.50. The summed E-state index contributed by atoms with van der Waals surface area (Å²) in [7, 11) is 0. The number of hydrogen-bond donors (Lipinski definition) is 0.